The van der Waals surface area contributed by atoms with E-state index in [4.69, 9.17) is 4.74 Å². The van der Waals surface area contributed by atoms with Crippen LogP contribution in [0.1, 0.15) is 13.3 Å². The lowest BCUT2D eigenvalue weighted by Crippen LogP contribution is -2.59. The zero-order valence-electron chi connectivity index (χ0n) is 9.12. The van der Waals surface area contributed by atoms with Crippen molar-refractivity contribution in [2.45, 2.75) is 24.8 Å². The predicted molar refractivity (Wildman–Crippen MR) is 58.5 cm³/mol. The molecule has 7 heteroatoms. The summed E-state index contributed by atoms with van der Waals surface area (Å²) >= 11 is 1.50. The molecule has 0 aliphatic carbocycles. The Labute approximate surface area is 102 Å². The molecular weight excluding hydrogens is 246 g/mol. The van der Waals surface area contributed by atoms with Crippen LogP contribution in [0.15, 0.2) is 11.5 Å². The van der Waals surface area contributed by atoms with Crippen molar-refractivity contribution in [3.8, 4) is 0 Å². The zero-order chi connectivity index (χ0) is 12.4. The molecule has 17 heavy (non-hydrogen) atoms. The first-order chi connectivity index (χ1) is 8.09. The Morgan fingerprint density at radius 2 is 2.29 bits per heavy atom. The van der Waals surface area contributed by atoms with E-state index in [0.29, 0.717) is 6.42 Å². The second-order valence-corrected chi connectivity index (χ2v) is 4.67. The molecule has 1 unspecified atom stereocenters. The number of hydrogen-bond donors (Lipinski definition) is 0. The number of carbonyl (C=O) groups is 3. The maximum atomic E-state index is 11.6. The Kier molecular flexibility index (Phi) is 3.37. The van der Waals surface area contributed by atoms with Crippen LogP contribution in [-0.2, 0) is 23.9 Å². The molecule has 6 nitrogen and oxygen atoms in total. The molecule has 0 N–H and O–H groups in total. The molecule has 0 aromatic rings. The van der Waals surface area contributed by atoms with E-state index in [1.807, 2.05) is 0 Å². The van der Waals surface area contributed by atoms with Crippen molar-refractivity contribution in [2.75, 3.05) is 6.79 Å². The second-order valence-electron chi connectivity index (χ2n) is 3.59. The number of esters is 2. The molecule has 2 aliphatic rings. The summed E-state index contributed by atoms with van der Waals surface area (Å²) in [6.07, 6.45) is 2.05. The Hall–Kier alpha value is -1.50. The molecule has 2 rings (SSSR count). The average molecular weight is 257 g/mol. The van der Waals surface area contributed by atoms with Crippen LogP contribution in [0.3, 0.4) is 0 Å². The molecule has 0 saturated carbocycles. The van der Waals surface area contributed by atoms with Gasteiger partial charge in [0.15, 0.2) is 0 Å². The second kappa shape index (κ2) is 4.79. The summed E-state index contributed by atoms with van der Waals surface area (Å²) in [4.78, 5) is 35.0. The molecule has 1 amide bonds. The van der Waals surface area contributed by atoms with Gasteiger partial charge in [0.05, 0.1) is 11.8 Å². The normalized spacial score (nSPS) is 25.9. The van der Waals surface area contributed by atoms with Crippen LogP contribution in [-0.4, -0.2) is 41.0 Å². The molecule has 0 radical (unpaired) electrons. The summed E-state index contributed by atoms with van der Waals surface area (Å²) in [6.45, 7) is 0.804. The van der Waals surface area contributed by atoms with Gasteiger partial charge in [-0.1, -0.05) is 0 Å². The number of thioether (sulfide) groups is 1. The lowest BCUT2D eigenvalue weighted by Gasteiger charge is -2.44. The quantitative estimate of drug-likeness (QED) is 0.409. The Morgan fingerprint density at radius 1 is 1.53 bits per heavy atom. The number of hydrogen-bond acceptors (Lipinski definition) is 6. The van der Waals surface area contributed by atoms with E-state index in [2.05, 4.69) is 4.74 Å². The summed E-state index contributed by atoms with van der Waals surface area (Å²) in [5.41, 5.74) is 0. The number of β-lactam (4-membered cyclic amide) rings is 1. The maximum absolute atomic E-state index is 11.6. The predicted octanol–water partition coefficient (Wildman–Crippen LogP) is 0.238. The fraction of sp³-hybridized carbons (Fsp3) is 0.500. The van der Waals surface area contributed by atoms with Gasteiger partial charge in [0.1, 0.15) is 6.04 Å². The summed E-state index contributed by atoms with van der Waals surface area (Å²) in [5.74, 6) is -1.17. The number of rotatable bonds is 3. The standard InChI is InChI=1S/C10H11NO5S/c1-6(12)15-5-16-10(14)7-2-3-17-9-4-8(13)11(7)9/h2-3,7,9H,4-5H2,1H3/t7?,9-/m1/s1. The Morgan fingerprint density at radius 3 is 2.94 bits per heavy atom. The largest absolute Gasteiger partial charge is 0.428 e. The SMILES string of the molecule is CC(=O)OCOC(=O)C1C=CS[C@@H]2CC(=O)N12. The zero-order valence-corrected chi connectivity index (χ0v) is 9.94. The molecule has 0 bridgehead atoms. The van der Waals surface area contributed by atoms with E-state index in [-0.39, 0.29) is 11.3 Å². The maximum Gasteiger partial charge on any atom is 0.335 e. The minimum Gasteiger partial charge on any atom is -0.428 e. The highest BCUT2D eigenvalue weighted by atomic mass is 32.2. The van der Waals surface area contributed by atoms with Gasteiger partial charge in [-0.25, -0.2) is 4.79 Å². The summed E-state index contributed by atoms with van der Waals surface area (Å²) in [6, 6.07) is -0.696. The van der Waals surface area contributed by atoms with Crippen molar-refractivity contribution >= 4 is 29.6 Å². The van der Waals surface area contributed by atoms with Crippen LogP contribution in [0.2, 0.25) is 0 Å². The van der Waals surface area contributed by atoms with Crippen molar-refractivity contribution in [2.24, 2.45) is 0 Å². The van der Waals surface area contributed by atoms with Gasteiger partial charge in [-0.05, 0) is 11.5 Å². The van der Waals surface area contributed by atoms with E-state index in [1.54, 1.807) is 11.5 Å². The van der Waals surface area contributed by atoms with Crippen LogP contribution in [0, 0.1) is 0 Å². The van der Waals surface area contributed by atoms with Crippen molar-refractivity contribution in [1.29, 1.82) is 0 Å². The topological polar surface area (TPSA) is 72.9 Å². The summed E-state index contributed by atoms with van der Waals surface area (Å²) in [7, 11) is 0. The van der Waals surface area contributed by atoms with Gasteiger partial charge < -0.3 is 14.4 Å². The Bertz CT molecular complexity index is 394. The third kappa shape index (κ3) is 2.44. The highest BCUT2D eigenvalue weighted by Gasteiger charge is 2.45. The van der Waals surface area contributed by atoms with Crippen molar-refractivity contribution < 1.29 is 23.9 Å². The number of nitrogens with zero attached hydrogens (tertiary/aromatic N) is 1. The molecule has 0 spiro atoms. The number of ether oxygens (including phenoxy) is 2. The molecule has 1 saturated heterocycles. The fourth-order valence-corrected chi connectivity index (χ4v) is 2.64. The van der Waals surface area contributed by atoms with E-state index < -0.39 is 24.8 Å². The molecule has 0 aromatic heterocycles. The number of carbonyl (C=O) groups excluding carboxylic acids is 3. The molecule has 2 heterocycles. The van der Waals surface area contributed by atoms with E-state index in [1.165, 1.54) is 23.6 Å². The van der Waals surface area contributed by atoms with Gasteiger partial charge in [0.2, 0.25) is 12.7 Å². The van der Waals surface area contributed by atoms with Gasteiger partial charge in [0.25, 0.3) is 0 Å². The van der Waals surface area contributed by atoms with Crippen LogP contribution >= 0.6 is 11.8 Å². The number of amides is 1. The van der Waals surface area contributed by atoms with Crippen LogP contribution in [0.5, 0.6) is 0 Å². The van der Waals surface area contributed by atoms with Gasteiger partial charge in [-0.15, -0.1) is 11.8 Å². The molecular formula is C10H11NO5S. The third-order valence-electron chi connectivity index (χ3n) is 2.45. The first kappa shape index (κ1) is 12.0. The first-order valence-electron chi connectivity index (χ1n) is 5.03. The first-order valence-corrected chi connectivity index (χ1v) is 5.97. The summed E-state index contributed by atoms with van der Waals surface area (Å²) < 4.78 is 9.25. The molecule has 2 aliphatic heterocycles. The highest BCUT2D eigenvalue weighted by molar-refractivity contribution is 8.02. The van der Waals surface area contributed by atoms with Crippen LogP contribution < -0.4 is 0 Å². The molecule has 1 fully saturated rings. The van der Waals surface area contributed by atoms with E-state index >= 15 is 0 Å². The van der Waals surface area contributed by atoms with Gasteiger partial charge in [-0.2, -0.15) is 0 Å². The van der Waals surface area contributed by atoms with Crippen molar-refractivity contribution in [3.05, 3.63) is 11.5 Å². The molecule has 2 atom stereocenters. The smallest absolute Gasteiger partial charge is 0.335 e. The van der Waals surface area contributed by atoms with Crippen molar-refractivity contribution in [3.63, 3.8) is 0 Å². The van der Waals surface area contributed by atoms with Gasteiger partial charge in [-0.3, -0.25) is 9.59 Å². The minimum absolute atomic E-state index is 0.0266. The average Bonchev–Trinajstić information content (AvgIpc) is 2.26. The minimum atomic E-state index is -0.696. The third-order valence-corrected chi connectivity index (χ3v) is 3.47. The lowest BCUT2D eigenvalue weighted by atomic mass is 10.1. The van der Waals surface area contributed by atoms with E-state index in [9.17, 15) is 14.4 Å². The summed E-state index contributed by atoms with van der Waals surface area (Å²) in [5, 5.41) is 1.81. The number of fused-ring (bicyclic) bond motifs is 1. The monoisotopic (exact) mass is 257 g/mol. The fourth-order valence-electron chi connectivity index (χ4n) is 1.60. The lowest BCUT2D eigenvalue weighted by molar-refractivity contribution is -0.172. The van der Waals surface area contributed by atoms with Crippen LogP contribution in [0.25, 0.3) is 0 Å². The van der Waals surface area contributed by atoms with Gasteiger partial charge >= 0.3 is 11.9 Å². The molecule has 92 valence electrons. The van der Waals surface area contributed by atoms with Crippen molar-refractivity contribution in [1.82, 2.24) is 4.90 Å². The highest BCUT2D eigenvalue weighted by Crippen LogP contribution is 2.36. The Balaban J connectivity index is 1.90. The van der Waals surface area contributed by atoms with Gasteiger partial charge in [0, 0.05) is 6.92 Å². The van der Waals surface area contributed by atoms with Crippen LogP contribution in [0.4, 0.5) is 0 Å². The molecule has 0 aromatic carbocycles. The van der Waals surface area contributed by atoms with E-state index in [0.717, 1.165) is 0 Å².